The summed E-state index contributed by atoms with van der Waals surface area (Å²) in [4.78, 5) is 39.2. The van der Waals surface area contributed by atoms with Crippen molar-refractivity contribution < 1.29 is 4.79 Å². The molecule has 2 aromatic heterocycles. The molecule has 0 saturated heterocycles. The highest BCUT2D eigenvalue weighted by atomic mass is 16.2. The lowest BCUT2D eigenvalue weighted by molar-refractivity contribution is 0.0747. The summed E-state index contributed by atoms with van der Waals surface area (Å²) in [5.41, 5.74) is 3.65. The van der Waals surface area contributed by atoms with E-state index in [-0.39, 0.29) is 18.0 Å². The molecule has 0 aliphatic heterocycles. The van der Waals surface area contributed by atoms with Crippen molar-refractivity contribution in [2.75, 3.05) is 6.54 Å². The second-order valence-electron chi connectivity index (χ2n) is 7.17. The average Bonchev–Trinajstić information content (AvgIpc) is 2.71. The van der Waals surface area contributed by atoms with E-state index in [2.05, 4.69) is 15.0 Å². The van der Waals surface area contributed by atoms with Gasteiger partial charge in [0.25, 0.3) is 11.5 Å². The number of nitrogens with zero attached hydrogens (tertiary/aromatic N) is 3. The molecular formula is C23H22N4O2. The predicted octanol–water partition coefficient (Wildman–Crippen LogP) is 3.75. The Morgan fingerprint density at radius 3 is 2.62 bits per heavy atom. The summed E-state index contributed by atoms with van der Waals surface area (Å²) in [6.07, 6.45) is 0. The summed E-state index contributed by atoms with van der Waals surface area (Å²) in [6.45, 7) is 6.48. The van der Waals surface area contributed by atoms with E-state index in [9.17, 15) is 9.59 Å². The Balaban J connectivity index is 1.69. The fourth-order valence-electron chi connectivity index (χ4n) is 3.50. The van der Waals surface area contributed by atoms with Crippen LogP contribution in [-0.4, -0.2) is 32.3 Å². The number of aromatic amines is 1. The number of pyridine rings is 1. The maximum absolute atomic E-state index is 13.2. The third kappa shape index (κ3) is 3.61. The minimum Gasteiger partial charge on any atom is -0.331 e. The van der Waals surface area contributed by atoms with Crippen LogP contribution in [0.4, 0.5) is 0 Å². The van der Waals surface area contributed by atoms with Crippen LogP contribution in [0.2, 0.25) is 0 Å². The van der Waals surface area contributed by atoms with Crippen molar-refractivity contribution in [3.05, 3.63) is 81.5 Å². The van der Waals surface area contributed by atoms with Gasteiger partial charge in [0.1, 0.15) is 5.82 Å². The Morgan fingerprint density at radius 2 is 1.83 bits per heavy atom. The molecule has 1 amide bonds. The smallest absolute Gasteiger partial charge is 0.258 e. The van der Waals surface area contributed by atoms with Crippen molar-refractivity contribution in [3.63, 3.8) is 0 Å². The molecule has 4 aromatic rings. The van der Waals surface area contributed by atoms with E-state index in [1.54, 1.807) is 23.1 Å². The molecule has 0 aliphatic carbocycles. The molecule has 2 aromatic carbocycles. The molecule has 2 heterocycles. The molecule has 0 spiro atoms. The molecule has 6 heteroatoms. The Morgan fingerprint density at radius 1 is 1.03 bits per heavy atom. The highest BCUT2D eigenvalue weighted by Gasteiger charge is 2.19. The summed E-state index contributed by atoms with van der Waals surface area (Å²) < 4.78 is 0. The number of rotatable bonds is 4. The second-order valence-corrected chi connectivity index (χ2v) is 7.17. The number of fused-ring (bicyclic) bond motifs is 2. The van der Waals surface area contributed by atoms with Crippen molar-refractivity contribution in [1.82, 2.24) is 19.9 Å². The topological polar surface area (TPSA) is 79.0 Å². The number of hydrogen-bond donors (Lipinski definition) is 1. The number of aromatic nitrogens is 3. The first kappa shape index (κ1) is 18.8. The van der Waals surface area contributed by atoms with E-state index in [1.807, 2.05) is 51.1 Å². The van der Waals surface area contributed by atoms with E-state index in [0.717, 1.165) is 16.5 Å². The van der Waals surface area contributed by atoms with Crippen LogP contribution in [0.5, 0.6) is 0 Å². The number of H-pyrrole nitrogens is 1. The molecule has 0 saturated carbocycles. The first-order valence-electron chi connectivity index (χ1n) is 9.61. The standard InChI is InChI=1S/C23H22N4O2/c1-4-27(13-21-25-20-8-6-5-7-17(20)22(28)26-21)23(29)18-12-16-11-14(2)9-10-19(16)24-15(18)3/h5-12H,4,13H2,1-3H3,(H,25,26,28). The van der Waals surface area contributed by atoms with Crippen LogP contribution in [0.15, 0.2) is 53.3 Å². The summed E-state index contributed by atoms with van der Waals surface area (Å²) in [5.74, 6) is 0.336. The molecule has 0 radical (unpaired) electrons. The van der Waals surface area contributed by atoms with E-state index in [0.29, 0.717) is 34.5 Å². The summed E-state index contributed by atoms with van der Waals surface area (Å²) in [7, 11) is 0. The lowest BCUT2D eigenvalue weighted by Gasteiger charge is -2.21. The van der Waals surface area contributed by atoms with Gasteiger partial charge in [0.05, 0.1) is 34.2 Å². The van der Waals surface area contributed by atoms with Crippen molar-refractivity contribution in [3.8, 4) is 0 Å². The zero-order valence-electron chi connectivity index (χ0n) is 16.7. The van der Waals surface area contributed by atoms with Crippen molar-refractivity contribution in [2.24, 2.45) is 0 Å². The molecule has 1 N–H and O–H groups in total. The number of hydrogen-bond acceptors (Lipinski definition) is 4. The monoisotopic (exact) mass is 386 g/mol. The molecule has 0 fully saturated rings. The summed E-state index contributed by atoms with van der Waals surface area (Å²) in [6, 6.07) is 15.1. The van der Waals surface area contributed by atoms with Crippen molar-refractivity contribution in [2.45, 2.75) is 27.3 Å². The van der Waals surface area contributed by atoms with Crippen LogP contribution in [0.25, 0.3) is 21.8 Å². The molecule has 4 rings (SSSR count). The number of carbonyl (C=O) groups excluding carboxylic acids is 1. The van der Waals surface area contributed by atoms with Gasteiger partial charge in [-0.2, -0.15) is 0 Å². The molecule has 0 aliphatic rings. The zero-order chi connectivity index (χ0) is 20.5. The van der Waals surface area contributed by atoms with Gasteiger partial charge in [-0.1, -0.05) is 23.8 Å². The molecular weight excluding hydrogens is 364 g/mol. The Labute approximate surface area is 168 Å². The predicted molar refractivity (Wildman–Crippen MR) is 114 cm³/mol. The van der Waals surface area contributed by atoms with Gasteiger partial charge in [0, 0.05) is 11.9 Å². The Bertz CT molecular complexity index is 1290. The number of benzene rings is 2. The zero-order valence-corrected chi connectivity index (χ0v) is 16.7. The number of carbonyl (C=O) groups is 1. The van der Waals surface area contributed by atoms with Crippen LogP contribution in [0, 0.1) is 13.8 Å². The normalized spacial score (nSPS) is 11.1. The molecule has 0 atom stereocenters. The first-order chi connectivity index (χ1) is 14.0. The van der Waals surface area contributed by atoms with Gasteiger partial charge in [0.2, 0.25) is 0 Å². The third-order valence-corrected chi connectivity index (χ3v) is 5.06. The van der Waals surface area contributed by atoms with Gasteiger partial charge < -0.3 is 9.88 Å². The maximum atomic E-state index is 13.2. The van der Waals surface area contributed by atoms with Gasteiger partial charge in [-0.3, -0.25) is 14.6 Å². The van der Waals surface area contributed by atoms with Crippen LogP contribution in [0.3, 0.4) is 0 Å². The van der Waals surface area contributed by atoms with Crippen LogP contribution < -0.4 is 5.56 Å². The molecule has 146 valence electrons. The summed E-state index contributed by atoms with van der Waals surface area (Å²) in [5, 5.41) is 1.47. The number of aryl methyl sites for hydroxylation is 2. The highest BCUT2D eigenvalue weighted by Crippen LogP contribution is 2.20. The van der Waals surface area contributed by atoms with E-state index in [1.165, 1.54) is 0 Å². The number of amides is 1. The Kier molecular flexibility index (Phi) is 4.84. The van der Waals surface area contributed by atoms with Crippen LogP contribution in [0.1, 0.15) is 34.4 Å². The van der Waals surface area contributed by atoms with Gasteiger partial charge in [-0.25, -0.2) is 4.98 Å². The van der Waals surface area contributed by atoms with Crippen LogP contribution in [-0.2, 0) is 6.54 Å². The van der Waals surface area contributed by atoms with Crippen molar-refractivity contribution >= 4 is 27.7 Å². The van der Waals surface area contributed by atoms with E-state index < -0.39 is 0 Å². The average molecular weight is 386 g/mol. The lowest BCUT2D eigenvalue weighted by atomic mass is 10.1. The minimum atomic E-state index is -0.201. The minimum absolute atomic E-state index is 0.128. The van der Waals surface area contributed by atoms with Gasteiger partial charge >= 0.3 is 0 Å². The van der Waals surface area contributed by atoms with E-state index >= 15 is 0 Å². The first-order valence-corrected chi connectivity index (χ1v) is 9.61. The summed E-state index contributed by atoms with van der Waals surface area (Å²) >= 11 is 0. The van der Waals surface area contributed by atoms with Gasteiger partial charge in [-0.05, 0) is 51.1 Å². The SMILES string of the molecule is CCN(Cc1nc2ccccc2c(=O)[nH]1)C(=O)c1cc2cc(C)ccc2nc1C. The van der Waals surface area contributed by atoms with Crippen molar-refractivity contribution in [1.29, 1.82) is 0 Å². The molecule has 0 bridgehead atoms. The molecule has 0 unspecified atom stereocenters. The van der Waals surface area contributed by atoms with Crippen LogP contribution >= 0.6 is 0 Å². The second kappa shape index (κ2) is 7.47. The van der Waals surface area contributed by atoms with E-state index in [4.69, 9.17) is 0 Å². The number of nitrogens with one attached hydrogen (secondary N) is 1. The van der Waals surface area contributed by atoms with Gasteiger partial charge in [-0.15, -0.1) is 0 Å². The fraction of sp³-hybridized carbons (Fsp3) is 0.217. The van der Waals surface area contributed by atoms with Gasteiger partial charge in [0.15, 0.2) is 0 Å². The maximum Gasteiger partial charge on any atom is 0.258 e. The largest absolute Gasteiger partial charge is 0.331 e. The lowest BCUT2D eigenvalue weighted by Crippen LogP contribution is -2.32. The molecule has 6 nitrogen and oxygen atoms in total. The number of para-hydroxylation sites is 1. The molecule has 29 heavy (non-hydrogen) atoms. The highest BCUT2D eigenvalue weighted by molar-refractivity contribution is 5.98. The Hall–Kier alpha value is -3.54. The third-order valence-electron chi connectivity index (χ3n) is 5.06. The fourth-order valence-corrected chi connectivity index (χ4v) is 3.50. The quantitative estimate of drug-likeness (QED) is 0.579.